The SMILES string of the molecule is Cc1ccc(NC(CO)CO)c(C)c1. The van der Waals surface area contributed by atoms with Crippen molar-refractivity contribution in [2.75, 3.05) is 18.5 Å². The van der Waals surface area contributed by atoms with Crippen LogP contribution < -0.4 is 5.32 Å². The first-order chi connectivity index (χ1) is 6.67. The summed E-state index contributed by atoms with van der Waals surface area (Å²) in [5.74, 6) is 0. The van der Waals surface area contributed by atoms with Crippen LogP contribution in [0.1, 0.15) is 11.1 Å². The lowest BCUT2D eigenvalue weighted by molar-refractivity contribution is 0.204. The Kier molecular flexibility index (Phi) is 3.92. The molecule has 1 rings (SSSR count). The molecule has 3 nitrogen and oxygen atoms in total. The third-order valence-electron chi connectivity index (χ3n) is 2.18. The van der Waals surface area contributed by atoms with Crippen molar-refractivity contribution in [3.8, 4) is 0 Å². The van der Waals surface area contributed by atoms with Crippen LogP contribution in [0.25, 0.3) is 0 Å². The van der Waals surface area contributed by atoms with Crippen molar-refractivity contribution in [1.82, 2.24) is 0 Å². The third-order valence-corrected chi connectivity index (χ3v) is 2.18. The highest BCUT2D eigenvalue weighted by molar-refractivity contribution is 5.52. The summed E-state index contributed by atoms with van der Waals surface area (Å²) >= 11 is 0. The second kappa shape index (κ2) is 4.98. The molecule has 0 saturated carbocycles. The van der Waals surface area contributed by atoms with Crippen LogP contribution in [0.5, 0.6) is 0 Å². The minimum Gasteiger partial charge on any atom is -0.394 e. The molecule has 0 aliphatic rings. The van der Waals surface area contributed by atoms with E-state index in [4.69, 9.17) is 10.2 Å². The zero-order valence-corrected chi connectivity index (χ0v) is 8.62. The van der Waals surface area contributed by atoms with E-state index in [0.29, 0.717) is 0 Å². The highest BCUT2D eigenvalue weighted by Gasteiger charge is 2.06. The zero-order valence-electron chi connectivity index (χ0n) is 8.62. The van der Waals surface area contributed by atoms with Crippen LogP contribution in [-0.4, -0.2) is 29.5 Å². The highest BCUT2D eigenvalue weighted by atomic mass is 16.3. The van der Waals surface area contributed by atoms with E-state index in [-0.39, 0.29) is 19.3 Å². The molecule has 0 saturated heterocycles. The molecule has 0 atom stereocenters. The molecule has 0 unspecified atom stereocenters. The minimum atomic E-state index is -0.281. The van der Waals surface area contributed by atoms with E-state index in [1.54, 1.807) is 0 Å². The van der Waals surface area contributed by atoms with Crippen LogP contribution in [0.3, 0.4) is 0 Å². The number of anilines is 1. The maximum absolute atomic E-state index is 8.91. The largest absolute Gasteiger partial charge is 0.394 e. The summed E-state index contributed by atoms with van der Waals surface area (Å²) < 4.78 is 0. The molecule has 0 aliphatic heterocycles. The van der Waals surface area contributed by atoms with Crippen molar-refractivity contribution >= 4 is 5.69 Å². The number of rotatable bonds is 4. The van der Waals surface area contributed by atoms with E-state index in [0.717, 1.165) is 11.3 Å². The number of hydrogen-bond acceptors (Lipinski definition) is 3. The number of aliphatic hydroxyl groups excluding tert-OH is 2. The molecular formula is C11H17NO2. The first kappa shape index (κ1) is 11.0. The maximum Gasteiger partial charge on any atom is 0.0723 e. The molecule has 0 aliphatic carbocycles. The van der Waals surface area contributed by atoms with Gasteiger partial charge in [0.15, 0.2) is 0 Å². The fourth-order valence-corrected chi connectivity index (χ4v) is 1.34. The van der Waals surface area contributed by atoms with Crippen molar-refractivity contribution in [1.29, 1.82) is 0 Å². The van der Waals surface area contributed by atoms with Gasteiger partial charge in [-0.2, -0.15) is 0 Å². The Morgan fingerprint density at radius 1 is 1.21 bits per heavy atom. The molecule has 0 bridgehead atoms. The van der Waals surface area contributed by atoms with Crippen LogP contribution >= 0.6 is 0 Å². The minimum absolute atomic E-state index is 0.0657. The summed E-state index contributed by atoms with van der Waals surface area (Å²) in [6.45, 7) is 3.90. The fourth-order valence-electron chi connectivity index (χ4n) is 1.34. The van der Waals surface area contributed by atoms with Gasteiger partial charge in [-0.05, 0) is 25.5 Å². The Labute approximate surface area is 84.4 Å². The van der Waals surface area contributed by atoms with Gasteiger partial charge in [0, 0.05) is 5.69 Å². The molecule has 14 heavy (non-hydrogen) atoms. The number of aliphatic hydroxyl groups is 2. The van der Waals surface area contributed by atoms with E-state index in [2.05, 4.69) is 11.4 Å². The number of benzene rings is 1. The van der Waals surface area contributed by atoms with E-state index >= 15 is 0 Å². The van der Waals surface area contributed by atoms with Gasteiger partial charge in [-0.15, -0.1) is 0 Å². The normalized spacial score (nSPS) is 10.6. The van der Waals surface area contributed by atoms with Crippen molar-refractivity contribution in [2.24, 2.45) is 0 Å². The molecule has 1 aromatic rings. The number of nitrogens with one attached hydrogen (secondary N) is 1. The van der Waals surface area contributed by atoms with Crippen LogP contribution in [0, 0.1) is 13.8 Å². The smallest absolute Gasteiger partial charge is 0.0723 e. The van der Waals surface area contributed by atoms with E-state index in [1.807, 2.05) is 26.0 Å². The fraction of sp³-hybridized carbons (Fsp3) is 0.455. The summed E-state index contributed by atoms with van der Waals surface area (Å²) in [6, 6.07) is 5.74. The Morgan fingerprint density at radius 2 is 1.86 bits per heavy atom. The van der Waals surface area contributed by atoms with Crippen LogP contribution in [0.2, 0.25) is 0 Å². The Balaban J connectivity index is 2.76. The molecule has 0 heterocycles. The van der Waals surface area contributed by atoms with Crippen LogP contribution in [0.15, 0.2) is 18.2 Å². The summed E-state index contributed by atoms with van der Waals surface area (Å²) in [4.78, 5) is 0. The summed E-state index contributed by atoms with van der Waals surface area (Å²) in [7, 11) is 0. The molecule has 0 spiro atoms. The lowest BCUT2D eigenvalue weighted by Gasteiger charge is -2.16. The van der Waals surface area contributed by atoms with Gasteiger partial charge >= 0.3 is 0 Å². The third kappa shape index (κ3) is 2.72. The van der Waals surface area contributed by atoms with E-state index in [9.17, 15) is 0 Å². The molecule has 0 aromatic heterocycles. The lowest BCUT2D eigenvalue weighted by atomic mass is 10.1. The van der Waals surface area contributed by atoms with Gasteiger partial charge in [0.2, 0.25) is 0 Å². The number of hydrogen-bond donors (Lipinski definition) is 3. The van der Waals surface area contributed by atoms with Gasteiger partial charge in [0.1, 0.15) is 0 Å². The Morgan fingerprint density at radius 3 is 2.36 bits per heavy atom. The molecule has 0 fully saturated rings. The summed E-state index contributed by atoms with van der Waals surface area (Å²) in [5.41, 5.74) is 3.29. The Bertz CT molecular complexity index is 295. The predicted molar refractivity (Wildman–Crippen MR) is 57.5 cm³/mol. The first-order valence-electron chi connectivity index (χ1n) is 4.73. The number of aryl methyl sites for hydroxylation is 2. The average molecular weight is 195 g/mol. The summed E-state index contributed by atoms with van der Waals surface area (Å²) in [5, 5.41) is 20.9. The molecule has 1 aromatic carbocycles. The van der Waals surface area contributed by atoms with Crippen molar-refractivity contribution < 1.29 is 10.2 Å². The van der Waals surface area contributed by atoms with Gasteiger partial charge in [0.25, 0.3) is 0 Å². The van der Waals surface area contributed by atoms with Gasteiger partial charge < -0.3 is 15.5 Å². The van der Waals surface area contributed by atoms with E-state index < -0.39 is 0 Å². The molecule has 0 amide bonds. The van der Waals surface area contributed by atoms with Gasteiger partial charge in [-0.1, -0.05) is 17.7 Å². The zero-order chi connectivity index (χ0) is 10.6. The lowest BCUT2D eigenvalue weighted by Crippen LogP contribution is -2.27. The maximum atomic E-state index is 8.91. The quantitative estimate of drug-likeness (QED) is 0.673. The molecule has 3 heteroatoms. The van der Waals surface area contributed by atoms with Crippen molar-refractivity contribution in [3.05, 3.63) is 29.3 Å². The topological polar surface area (TPSA) is 52.5 Å². The van der Waals surface area contributed by atoms with Gasteiger partial charge in [-0.25, -0.2) is 0 Å². The molecular weight excluding hydrogens is 178 g/mol. The standard InChI is InChI=1S/C11H17NO2/c1-8-3-4-11(9(2)5-8)12-10(6-13)7-14/h3-5,10,12-14H,6-7H2,1-2H3. The predicted octanol–water partition coefficient (Wildman–Crippen LogP) is 1.07. The van der Waals surface area contributed by atoms with Crippen LogP contribution in [0.4, 0.5) is 5.69 Å². The van der Waals surface area contributed by atoms with E-state index in [1.165, 1.54) is 5.56 Å². The second-order valence-electron chi connectivity index (χ2n) is 3.52. The average Bonchev–Trinajstić information content (AvgIpc) is 2.17. The molecule has 78 valence electrons. The van der Waals surface area contributed by atoms with Crippen molar-refractivity contribution in [3.63, 3.8) is 0 Å². The summed E-state index contributed by atoms with van der Waals surface area (Å²) in [6.07, 6.45) is 0. The Hall–Kier alpha value is -1.06. The van der Waals surface area contributed by atoms with Crippen molar-refractivity contribution in [2.45, 2.75) is 19.9 Å². The van der Waals surface area contributed by atoms with Gasteiger partial charge in [-0.3, -0.25) is 0 Å². The monoisotopic (exact) mass is 195 g/mol. The molecule has 0 radical (unpaired) electrons. The van der Waals surface area contributed by atoms with Gasteiger partial charge in [0.05, 0.1) is 19.3 Å². The highest BCUT2D eigenvalue weighted by Crippen LogP contribution is 2.16. The van der Waals surface area contributed by atoms with Crippen LogP contribution in [-0.2, 0) is 0 Å². The first-order valence-corrected chi connectivity index (χ1v) is 4.73. The second-order valence-corrected chi connectivity index (χ2v) is 3.52. The molecule has 3 N–H and O–H groups in total.